The van der Waals surface area contributed by atoms with Gasteiger partial charge in [0, 0.05) is 5.56 Å². The van der Waals surface area contributed by atoms with Gasteiger partial charge in [0.1, 0.15) is 11.6 Å². The average Bonchev–Trinajstić information content (AvgIpc) is 2.20. The highest BCUT2D eigenvalue weighted by Gasteiger charge is 2.10. The lowest BCUT2D eigenvalue weighted by molar-refractivity contribution is 0.407. The smallest absolute Gasteiger partial charge is 0.137 e. The van der Waals surface area contributed by atoms with Crippen molar-refractivity contribution in [2.24, 2.45) is 0 Å². The zero-order valence-corrected chi connectivity index (χ0v) is 9.82. The van der Waals surface area contributed by atoms with Gasteiger partial charge in [-0.3, -0.25) is 0 Å². The van der Waals surface area contributed by atoms with Crippen molar-refractivity contribution in [3.63, 3.8) is 0 Å². The van der Waals surface area contributed by atoms with E-state index in [-0.39, 0.29) is 5.82 Å². The maximum absolute atomic E-state index is 13.2. The minimum absolute atomic E-state index is 0.253. The van der Waals surface area contributed by atoms with Gasteiger partial charge in [-0.2, -0.15) is 0 Å². The van der Waals surface area contributed by atoms with Crippen LogP contribution in [0, 0.1) is 5.82 Å². The van der Waals surface area contributed by atoms with Crippen molar-refractivity contribution in [2.75, 3.05) is 20.7 Å². The second-order valence-electron chi connectivity index (χ2n) is 2.90. The van der Waals surface area contributed by atoms with Gasteiger partial charge in [0.15, 0.2) is 0 Å². The molecule has 0 unspecified atom stereocenters. The normalized spacial score (nSPS) is 10.3. The molecule has 0 radical (unpaired) electrons. The highest BCUT2D eigenvalue weighted by Crippen LogP contribution is 2.29. The lowest BCUT2D eigenvalue weighted by atomic mass is 10.1. The number of hydrogen-bond acceptors (Lipinski definition) is 2. The zero-order valence-electron chi connectivity index (χ0n) is 8.23. The number of benzene rings is 1. The van der Waals surface area contributed by atoms with Crippen molar-refractivity contribution in [2.45, 2.75) is 6.42 Å². The molecule has 0 saturated carbocycles. The molecule has 1 aromatic carbocycles. The number of halogens is 2. The van der Waals surface area contributed by atoms with Crippen LogP contribution in [0.25, 0.3) is 0 Å². The quantitative estimate of drug-likeness (QED) is 0.899. The molecule has 0 spiro atoms. The number of ether oxygens (including phenoxy) is 1. The molecule has 78 valence electrons. The molecular weight excluding hydrogens is 249 g/mol. The van der Waals surface area contributed by atoms with E-state index in [2.05, 4.69) is 21.2 Å². The van der Waals surface area contributed by atoms with Gasteiger partial charge in [0.05, 0.1) is 11.6 Å². The van der Waals surface area contributed by atoms with E-state index in [4.69, 9.17) is 4.74 Å². The zero-order chi connectivity index (χ0) is 10.6. The highest BCUT2D eigenvalue weighted by molar-refractivity contribution is 9.10. The number of likely N-dealkylation sites (N-methyl/N-ethyl adjacent to an activating group) is 1. The van der Waals surface area contributed by atoms with Gasteiger partial charge in [0.25, 0.3) is 0 Å². The Morgan fingerprint density at radius 3 is 2.79 bits per heavy atom. The molecule has 1 aromatic rings. The molecule has 14 heavy (non-hydrogen) atoms. The molecule has 0 aliphatic carbocycles. The van der Waals surface area contributed by atoms with Crippen molar-refractivity contribution < 1.29 is 9.13 Å². The van der Waals surface area contributed by atoms with E-state index in [0.717, 1.165) is 18.5 Å². The van der Waals surface area contributed by atoms with Gasteiger partial charge >= 0.3 is 0 Å². The third-order valence-corrected chi connectivity index (χ3v) is 2.86. The molecule has 0 bridgehead atoms. The van der Waals surface area contributed by atoms with E-state index in [1.165, 1.54) is 6.07 Å². The van der Waals surface area contributed by atoms with Crippen LogP contribution in [-0.2, 0) is 6.42 Å². The van der Waals surface area contributed by atoms with E-state index in [0.29, 0.717) is 10.2 Å². The summed E-state index contributed by atoms with van der Waals surface area (Å²) in [4.78, 5) is 0. The Hall–Kier alpha value is -0.610. The van der Waals surface area contributed by atoms with Crippen molar-refractivity contribution in [3.8, 4) is 5.75 Å². The lowest BCUT2D eigenvalue weighted by Gasteiger charge is -2.10. The van der Waals surface area contributed by atoms with Crippen molar-refractivity contribution >= 4 is 15.9 Å². The fraction of sp³-hybridized carbons (Fsp3) is 0.400. The van der Waals surface area contributed by atoms with Crippen LogP contribution in [0.4, 0.5) is 4.39 Å². The van der Waals surface area contributed by atoms with Gasteiger partial charge in [-0.15, -0.1) is 0 Å². The minimum atomic E-state index is -0.253. The molecule has 0 aliphatic heterocycles. The Balaban J connectivity index is 3.01. The Labute approximate surface area is 91.6 Å². The molecule has 0 fully saturated rings. The largest absolute Gasteiger partial charge is 0.496 e. The Morgan fingerprint density at radius 1 is 1.50 bits per heavy atom. The first-order chi connectivity index (χ1) is 6.70. The standard InChI is InChI=1S/C10H13BrFNO/c1-13-6-5-7-9(14-2)4-3-8(12)10(7)11/h3-4,13H,5-6H2,1-2H3. The van der Waals surface area contributed by atoms with E-state index in [1.807, 2.05) is 7.05 Å². The number of hydrogen-bond donors (Lipinski definition) is 1. The summed E-state index contributed by atoms with van der Waals surface area (Å²) in [7, 11) is 3.45. The first-order valence-corrected chi connectivity index (χ1v) is 5.15. The van der Waals surface area contributed by atoms with Gasteiger partial charge in [-0.05, 0) is 48.1 Å². The Morgan fingerprint density at radius 2 is 2.21 bits per heavy atom. The molecule has 4 heteroatoms. The van der Waals surface area contributed by atoms with Gasteiger partial charge in [0.2, 0.25) is 0 Å². The third-order valence-electron chi connectivity index (χ3n) is 2.00. The molecule has 2 nitrogen and oxygen atoms in total. The number of rotatable bonds is 4. The van der Waals surface area contributed by atoms with E-state index < -0.39 is 0 Å². The van der Waals surface area contributed by atoms with Crippen LogP contribution in [-0.4, -0.2) is 20.7 Å². The molecular formula is C10H13BrFNO. The second-order valence-corrected chi connectivity index (χ2v) is 3.69. The SMILES string of the molecule is CNCCc1c(OC)ccc(F)c1Br. The Bertz CT molecular complexity index is 317. The molecule has 1 N–H and O–H groups in total. The van der Waals surface area contributed by atoms with Crippen LogP contribution < -0.4 is 10.1 Å². The maximum atomic E-state index is 13.2. The predicted molar refractivity (Wildman–Crippen MR) is 58.3 cm³/mol. The first kappa shape index (κ1) is 11.5. The number of methoxy groups -OCH3 is 1. The van der Waals surface area contributed by atoms with E-state index in [1.54, 1.807) is 13.2 Å². The lowest BCUT2D eigenvalue weighted by Crippen LogP contribution is -2.11. The summed E-state index contributed by atoms with van der Waals surface area (Å²) < 4.78 is 18.8. The van der Waals surface area contributed by atoms with Crippen molar-refractivity contribution in [1.82, 2.24) is 5.32 Å². The highest BCUT2D eigenvalue weighted by atomic mass is 79.9. The maximum Gasteiger partial charge on any atom is 0.137 e. The third kappa shape index (κ3) is 2.45. The van der Waals surface area contributed by atoms with Crippen LogP contribution in [0.3, 0.4) is 0 Å². The summed E-state index contributed by atoms with van der Waals surface area (Å²) in [5.74, 6) is 0.463. The molecule has 0 saturated heterocycles. The predicted octanol–water partition coefficient (Wildman–Crippen LogP) is 2.36. The van der Waals surface area contributed by atoms with E-state index in [9.17, 15) is 4.39 Å². The van der Waals surface area contributed by atoms with Crippen molar-refractivity contribution in [1.29, 1.82) is 0 Å². The molecule has 0 atom stereocenters. The topological polar surface area (TPSA) is 21.3 Å². The van der Waals surface area contributed by atoms with Crippen molar-refractivity contribution in [3.05, 3.63) is 28.0 Å². The van der Waals surface area contributed by atoms with Gasteiger partial charge in [-0.1, -0.05) is 0 Å². The molecule has 0 aromatic heterocycles. The summed E-state index contributed by atoms with van der Waals surface area (Å²) in [6.45, 7) is 0.790. The van der Waals surface area contributed by atoms with Crippen LogP contribution in [0.15, 0.2) is 16.6 Å². The summed E-state index contributed by atoms with van der Waals surface area (Å²) >= 11 is 3.22. The minimum Gasteiger partial charge on any atom is -0.496 e. The van der Waals surface area contributed by atoms with Crippen LogP contribution in [0.1, 0.15) is 5.56 Å². The molecule has 0 amide bonds. The summed E-state index contributed by atoms with van der Waals surface area (Å²) in [5.41, 5.74) is 0.863. The van der Waals surface area contributed by atoms with Gasteiger partial charge in [-0.25, -0.2) is 4.39 Å². The van der Waals surface area contributed by atoms with Gasteiger partial charge < -0.3 is 10.1 Å². The van der Waals surface area contributed by atoms with Crippen LogP contribution >= 0.6 is 15.9 Å². The summed E-state index contributed by atoms with van der Waals surface area (Å²) in [5, 5.41) is 3.02. The monoisotopic (exact) mass is 261 g/mol. The molecule has 0 aliphatic rings. The second kappa shape index (κ2) is 5.32. The summed E-state index contributed by atoms with van der Waals surface area (Å²) in [6, 6.07) is 3.04. The number of nitrogens with one attached hydrogen (secondary N) is 1. The van der Waals surface area contributed by atoms with Crippen LogP contribution in [0.5, 0.6) is 5.75 Å². The first-order valence-electron chi connectivity index (χ1n) is 4.36. The van der Waals surface area contributed by atoms with E-state index >= 15 is 0 Å². The fourth-order valence-electron chi connectivity index (χ4n) is 1.25. The Kier molecular flexibility index (Phi) is 4.35. The van der Waals surface area contributed by atoms with Crippen LogP contribution in [0.2, 0.25) is 0 Å². The fourth-order valence-corrected chi connectivity index (χ4v) is 1.77. The molecule has 1 rings (SSSR count). The summed E-state index contributed by atoms with van der Waals surface area (Å²) in [6.07, 6.45) is 0.734. The molecule has 0 heterocycles. The average molecular weight is 262 g/mol.